The predicted octanol–water partition coefficient (Wildman–Crippen LogP) is 3.51. The summed E-state index contributed by atoms with van der Waals surface area (Å²) in [7, 11) is 0. The third-order valence-corrected chi connectivity index (χ3v) is 3.58. The molecular weight excluding hydrogens is 282 g/mol. The van der Waals surface area contributed by atoms with Gasteiger partial charge in [-0.2, -0.15) is 0 Å². The quantitative estimate of drug-likeness (QED) is 0.670. The molecule has 1 fully saturated rings. The second-order valence-electron chi connectivity index (χ2n) is 5.04. The van der Waals surface area contributed by atoms with Crippen molar-refractivity contribution < 1.29 is 9.72 Å². The van der Waals surface area contributed by atoms with Crippen molar-refractivity contribution in [1.29, 1.82) is 0 Å². The zero-order valence-electron chi connectivity index (χ0n) is 11.1. The van der Waals surface area contributed by atoms with Crippen molar-refractivity contribution in [3.05, 3.63) is 33.3 Å². The zero-order chi connectivity index (χ0) is 14.7. The summed E-state index contributed by atoms with van der Waals surface area (Å²) >= 11 is 5.83. The Bertz CT molecular complexity index is 536. The van der Waals surface area contributed by atoms with Crippen LogP contribution in [0.5, 0.6) is 0 Å². The van der Waals surface area contributed by atoms with Crippen LogP contribution in [0, 0.1) is 16.0 Å². The second kappa shape index (κ2) is 6.09. The molecule has 7 heteroatoms. The molecular formula is C13H16ClN3O3. The van der Waals surface area contributed by atoms with Gasteiger partial charge in [0.1, 0.15) is 5.69 Å². The maximum Gasteiger partial charge on any atom is 0.322 e. The van der Waals surface area contributed by atoms with E-state index >= 15 is 0 Å². The minimum Gasteiger partial charge on any atom is -0.324 e. The number of likely N-dealkylation sites (tertiary alicyclic amines) is 1. The normalized spacial score (nSPS) is 18.7. The van der Waals surface area contributed by atoms with E-state index in [-0.39, 0.29) is 17.4 Å². The second-order valence-corrected chi connectivity index (χ2v) is 5.48. The maximum atomic E-state index is 12.1. The Hall–Kier alpha value is -1.82. The van der Waals surface area contributed by atoms with Gasteiger partial charge in [0, 0.05) is 24.2 Å². The van der Waals surface area contributed by atoms with E-state index in [4.69, 9.17) is 11.6 Å². The first-order valence-electron chi connectivity index (χ1n) is 6.47. The number of halogens is 1. The molecule has 1 aromatic carbocycles. The van der Waals surface area contributed by atoms with E-state index in [1.54, 1.807) is 4.90 Å². The van der Waals surface area contributed by atoms with Gasteiger partial charge in [-0.05, 0) is 30.9 Å². The van der Waals surface area contributed by atoms with Gasteiger partial charge in [0.15, 0.2) is 0 Å². The van der Waals surface area contributed by atoms with E-state index < -0.39 is 4.92 Å². The highest BCUT2D eigenvalue weighted by molar-refractivity contribution is 6.31. The first-order chi connectivity index (χ1) is 9.47. The number of nitrogens with one attached hydrogen (secondary N) is 1. The van der Waals surface area contributed by atoms with Gasteiger partial charge in [0.25, 0.3) is 5.69 Å². The number of amides is 2. The molecule has 1 aliphatic rings. The van der Waals surface area contributed by atoms with Gasteiger partial charge in [-0.1, -0.05) is 18.5 Å². The molecule has 2 rings (SSSR count). The van der Waals surface area contributed by atoms with Crippen LogP contribution in [0.3, 0.4) is 0 Å². The minimum absolute atomic E-state index is 0.130. The van der Waals surface area contributed by atoms with Crippen molar-refractivity contribution in [2.75, 3.05) is 18.4 Å². The van der Waals surface area contributed by atoms with Gasteiger partial charge in [-0.15, -0.1) is 0 Å². The predicted molar refractivity (Wildman–Crippen MR) is 77.1 cm³/mol. The molecule has 108 valence electrons. The van der Waals surface area contributed by atoms with Crippen LogP contribution >= 0.6 is 11.6 Å². The summed E-state index contributed by atoms with van der Waals surface area (Å²) in [5.74, 6) is 0.448. The van der Waals surface area contributed by atoms with Crippen LogP contribution in [0.25, 0.3) is 0 Å². The van der Waals surface area contributed by atoms with E-state index in [1.807, 2.05) is 0 Å². The maximum absolute atomic E-state index is 12.1. The molecule has 0 bridgehead atoms. The number of benzene rings is 1. The fraction of sp³-hybridized carbons (Fsp3) is 0.462. The Kier molecular flexibility index (Phi) is 4.44. The Morgan fingerprint density at radius 2 is 2.30 bits per heavy atom. The lowest BCUT2D eigenvalue weighted by molar-refractivity contribution is -0.383. The number of hydrogen-bond acceptors (Lipinski definition) is 3. The summed E-state index contributed by atoms with van der Waals surface area (Å²) < 4.78 is 0. The third kappa shape index (κ3) is 3.39. The molecule has 2 amide bonds. The van der Waals surface area contributed by atoms with Crippen LogP contribution in [0.1, 0.15) is 19.8 Å². The number of nitrogens with zero attached hydrogens (tertiary/aromatic N) is 2. The van der Waals surface area contributed by atoms with E-state index in [2.05, 4.69) is 12.2 Å². The number of nitro groups is 1. The lowest BCUT2D eigenvalue weighted by atomic mass is 10.0. The Balaban J connectivity index is 2.14. The number of piperidine rings is 1. The molecule has 1 aromatic rings. The van der Waals surface area contributed by atoms with Crippen LogP contribution in [-0.2, 0) is 0 Å². The molecule has 0 radical (unpaired) electrons. The molecule has 0 aromatic heterocycles. The number of carbonyl (C=O) groups excluding carboxylic acids is 1. The zero-order valence-corrected chi connectivity index (χ0v) is 11.9. The lowest BCUT2D eigenvalue weighted by Crippen LogP contribution is -2.41. The number of carbonyl (C=O) groups is 1. The fourth-order valence-electron chi connectivity index (χ4n) is 2.34. The smallest absolute Gasteiger partial charge is 0.322 e. The summed E-state index contributed by atoms with van der Waals surface area (Å²) in [6.07, 6.45) is 2.05. The monoisotopic (exact) mass is 297 g/mol. The van der Waals surface area contributed by atoms with E-state index in [0.29, 0.717) is 24.0 Å². The third-order valence-electron chi connectivity index (χ3n) is 3.34. The van der Waals surface area contributed by atoms with Gasteiger partial charge in [-0.25, -0.2) is 4.79 Å². The molecule has 1 atom stereocenters. The number of urea groups is 1. The van der Waals surface area contributed by atoms with Gasteiger partial charge in [0.05, 0.1) is 4.92 Å². The fourth-order valence-corrected chi connectivity index (χ4v) is 2.51. The lowest BCUT2D eigenvalue weighted by Gasteiger charge is -2.30. The number of rotatable bonds is 2. The SMILES string of the molecule is CC1CCCN(C(=O)Nc2cc(Cl)ccc2[N+](=O)[O-])C1. The van der Waals surface area contributed by atoms with Crippen molar-refractivity contribution in [2.45, 2.75) is 19.8 Å². The molecule has 1 saturated heterocycles. The first-order valence-corrected chi connectivity index (χ1v) is 6.85. The van der Waals surface area contributed by atoms with Gasteiger partial charge in [0.2, 0.25) is 0 Å². The largest absolute Gasteiger partial charge is 0.324 e. The summed E-state index contributed by atoms with van der Waals surface area (Å²) in [6.45, 7) is 3.42. The molecule has 6 nitrogen and oxygen atoms in total. The number of anilines is 1. The molecule has 1 unspecified atom stereocenters. The van der Waals surface area contributed by atoms with Crippen molar-refractivity contribution >= 4 is 29.0 Å². The standard InChI is InChI=1S/C13H16ClN3O3/c1-9-3-2-6-16(8-9)13(18)15-11-7-10(14)4-5-12(11)17(19)20/h4-5,7,9H,2-3,6,8H2,1H3,(H,15,18). The van der Waals surface area contributed by atoms with Crippen LogP contribution in [0.15, 0.2) is 18.2 Å². The summed E-state index contributed by atoms with van der Waals surface area (Å²) in [5, 5.41) is 13.9. The molecule has 1 heterocycles. The van der Waals surface area contributed by atoms with E-state index in [1.165, 1.54) is 18.2 Å². The molecule has 0 spiro atoms. The van der Waals surface area contributed by atoms with Crippen LogP contribution < -0.4 is 5.32 Å². The topological polar surface area (TPSA) is 75.5 Å². The summed E-state index contributed by atoms with van der Waals surface area (Å²) in [6, 6.07) is 3.79. The van der Waals surface area contributed by atoms with Crippen LogP contribution in [-0.4, -0.2) is 28.9 Å². The Morgan fingerprint density at radius 3 is 2.95 bits per heavy atom. The van der Waals surface area contributed by atoms with Crippen molar-refractivity contribution in [1.82, 2.24) is 4.90 Å². The van der Waals surface area contributed by atoms with Crippen LogP contribution in [0.4, 0.5) is 16.2 Å². The summed E-state index contributed by atoms with van der Waals surface area (Å²) in [5.41, 5.74) is -0.0291. The molecule has 1 N–H and O–H groups in total. The number of nitro benzene ring substituents is 1. The highest BCUT2D eigenvalue weighted by Crippen LogP contribution is 2.28. The Morgan fingerprint density at radius 1 is 1.55 bits per heavy atom. The van der Waals surface area contributed by atoms with E-state index in [9.17, 15) is 14.9 Å². The van der Waals surface area contributed by atoms with Gasteiger partial charge >= 0.3 is 6.03 Å². The molecule has 0 aliphatic carbocycles. The Labute approximate surface area is 121 Å². The van der Waals surface area contributed by atoms with E-state index in [0.717, 1.165) is 12.8 Å². The van der Waals surface area contributed by atoms with Crippen molar-refractivity contribution in [3.8, 4) is 0 Å². The highest BCUT2D eigenvalue weighted by Gasteiger charge is 2.23. The van der Waals surface area contributed by atoms with Gasteiger partial charge < -0.3 is 10.2 Å². The van der Waals surface area contributed by atoms with Crippen molar-refractivity contribution in [3.63, 3.8) is 0 Å². The summed E-state index contributed by atoms with van der Waals surface area (Å²) in [4.78, 5) is 24.2. The van der Waals surface area contributed by atoms with Gasteiger partial charge in [-0.3, -0.25) is 10.1 Å². The minimum atomic E-state index is -0.537. The number of hydrogen-bond donors (Lipinski definition) is 1. The molecule has 0 saturated carbocycles. The average molecular weight is 298 g/mol. The van der Waals surface area contributed by atoms with Crippen molar-refractivity contribution in [2.24, 2.45) is 5.92 Å². The first kappa shape index (κ1) is 14.6. The average Bonchev–Trinajstić information content (AvgIpc) is 2.38. The highest BCUT2D eigenvalue weighted by atomic mass is 35.5. The molecule has 20 heavy (non-hydrogen) atoms. The van der Waals surface area contributed by atoms with Crippen LogP contribution in [0.2, 0.25) is 5.02 Å². The molecule has 1 aliphatic heterocycles.